The van der Waals surface area contributed by atoms with Crippen LogP contribution in [0.15, 0.2) is 36.4 Å². The van der Waals surface area contributed by atoms with Gasteiger partial charge in [0.1, 0.15) is 0 Å². The molecule has 1 N–H and O–H groups in total. The molecule has 1 heteroatoms. The van der Waals surface area contributed by atoms with Crippen molar-refractivity contribution in [3.63, 3.8) is 0 Å². The van der Waals surface area contributed by atoms with Crippen molar-refractivity contribution in [3.05, 3.63) is 42.0 Å². The SMILES string of the molecule is C(=C\[C@@H]1CCCCN1)/c1ccccc1. The van der Waals surface area contributed by atoms with Crippen LogP contribution in [0.3, 0.4) is 0 Å². The van der Waals surface area contributed by atoms with Crippen LogP contribution in [-0.2, 0) is 0 Å². The van der Waals surface area contributed by atoms with Crippen molar-refractivity contribution in [3.8, 4) is 0 Å². The lowest BCUT2D eigenvalue weighted by atomic mass is 10.0. The highest BCUT2D eigenvalue weighted by Crippen LogP contribution is 2.10. The molecule has 1 saturated heterocycles. The summed E-state index contributed by atoms with van der Waals surface area (Å²) in [6.45, 7) is 1.17. The molecule has 1 aliphatic rings. The normalized spacial score (nSPS) is 22.7. The van der Waals surface area contributed by atoms with Crippen molar-refractivity contribution in [2.45, 2.75) is 25.3 Å². The molecule has 0 amide bonds. The molecular weight excluding hydrogens is 170 g/mol. The summed E-state index contributed by atoms with van der Waals surface area (Å²) in [5, 5.41) is 3.50. The van der Waals surface area contributed by atoms with Gasteiger partial charge in [0, 0.05) is 6.04 Å². The molecule has 1 aliphatic heterocycles. The lowest BCUT2D eigenvalue weighted by Gasteiger charge is -2.19. The number of hydrogen-bond acceptors (Lipinski definition) is 1. The lowest BCUT2D eigenvalue weighted by Crippen LogP contribution is -2.31. The maximum absolute atomic E-state index is 3.50. The van der Waals surface area contributed by atoms with Gasteiger partial charge in [-0.25, -0.2) is 0 Å². The predicted molar refractivity (Wildman–Crippen MR) is 61.1 cm³/mol. The fourth-order valence-corrected chi connectivity index (χ4v) is 1.83. The first kappa shape index (κ1) is 9.47. The average Bonchev–Trinajstić information content (AvgIpc) is 2.29. The minimum Gasteiger partial charge on any atom is -0.311 e. The van der Waals surface area contributed by atoms with Crippen LogP contribution < -0.4 is 5.32 Å². The second-order valence-corrected chi connectivity index (χ2v) is 3.83. The van der Waals surface area contributed by atoms with Gasteiger partial charge in [0.25, 0.3) is 0 Å². The minimum absolute atomic E-state index is 0.587. The minimum atomic E-state index is 0.587. The molecule has 0 aliphatic carbocycles. The molecule has 14 heavy (non-hydrogen) atoms. The maximum Gasteiger partial charge on any atom is 0.0253 e. The van der Waals surface area contributed by atoms with Gasteiger partial charge < -0.3 is 5.32 Å². The molecule has 1 atom stereocenters. The van der Waals surface area contributed by atoms with Gasteiger partial charge in [-0.15, -0.1) is 0 Å². The third-order valence-electron chi connectivity index (χ3n) is 2.67. The highest BCUT2D eigenvalue weighted by Gasteiger charge is 2.07. The smallest absolute Gasteiger partial charge is 0.0253 e. The molecule has 1 aromatic carbocycles. The average molecular weight is 187 g/mol. The van der Waals surface area contributed by atoms with E-state index in [0.717, 1.165) is 0 Å². The molecule has 74 valence electrons. The van der Waals surface area contributed by atoms with E-state index < -0.39 is 0 Å². The second-order valence-electron chi connectivity index (χ2n) is 3.83. The summed E-state index contributed by atoms with van der Waals surface area (Å²) in [7, 11) is 0. The summed E-state index contributed by atoms with van der Waals surface area (Å²) in [5.41, 5.74) is 1.29. The Kier molecular flexibility index (Phi) is 3.36. The van der Waals surface area contributed by atoms with Crippen LogP contribution in [0.2, 0.25) is 0 Å². The highest BCUT2D eigenvalue weighted by atomic mass is 14.9. The van der Waals surface area contributed by atoms with E-state index in [4.69, 9.17) is 0 Å². The van der Waals surface area contributed by atoms with Crippen LogP contribution in [0.5, 0.6) is 0 Å². The molecule has 0 unspecified atom stereocenters. The number of piperidine rings is 1. The monoisotopic (exact) mass is 187 g/mol. The number of benzene rings is 1. The Bertz CT molecular complexity index is 283. The van der Waals surface area contributed by atoms with E-state index in [0.29, 0.717) is 6.04 Å². The van der Waals surface area contributed by atoms with Gasteiger partial charge in [0.15, 0.2) is 0 Å². The van der Waals surface area contributed by atoms with Crippen LogP contribution in [-0.4, -0.2) is 12.6 Å². The Morgan fingerprint density at radius 3 is 2.71 bits per heavy atom. The quantitative estimate of drug-likeness (QED) is 0.750. The fraction of sp³-hybridized carbons (Fsp3) is 0.385. The van der Waals surface area contributed by atoms with Gasteiger partial charge in [-0.3, -0.25) is 0 Å². The van der Waals surface area contributed by atoms with E-state index in [-0.39, 0.29) is 0 Å². The van der Waals surface area contributed by atoms with Crippen molar-refractivity contribution in [1.82, 2.24) is 5.32 Å². The van der Waals surface area contributed by atoms with Crippen LogP contribution in [0.1, 0.15) is 24.8 Å². The second kappa shape index (κ2) is 4.97. The molecule has 1 nitrogen and oxygen atoms in total. The standard InChI is InChI=1S/C13H17N/c1-2-6-12(7-3-1)9-10-13-8-4-5-11-14-13/h1-3,6-7,9-10,13-14H,4-5,8,11H2/b10-9+/t13-/m0/s1. The summed E-state index contributed by atoms with van der Waals surface area (Å²) >= 11 is 0. The fourth-order valence-electron chi connectivity index (χ4n) is 1.83. The molecule has 1 heterocycles. The Morgan fingerprint density at radius 1 is 1.14 bits per heavy atom. The summed E-state index contributed by atoms with van der Waals surface area (Å²) in [4.78, 5) is 0. The Balaban J connectivity index is 1.93. The maximum atomic E-state index is 3.50. The third kappa shape index (κ3) is 2.71. The largest absolute Gasteiger partial charge is 0.311 e. The first-order valence-electron chi connectivity index (χ1n) is 5.42. The van der Waals surface area contributed by atoms with Gasteiger partial charge >= 0.3 is 0 Å². The molecule has 0 bridgehead atoms. The molecule has 0 spiro atoms. The zero-order chi connectivity index (χ0) is 9.64. The number of hydrogen-bond donors (Lipinski definition) is 1. The Hall–Kier alpha value is -1.08. The molecule has 0 radical (unpaired) electrons. The molecule has 0 aromatic heterocycles. The van der Waals surface area contributed by atoms with Crippen molar-refractivity contribution in [2.75, 3.05) is 6.54 Å². The van der Waals surface area contributed by atoms with Crippen LogP contribution in [0, 0.1) is 0 Å². The van der Waals surface area contributed by atoms with Crippen molar-refractivity contribution in [2.24, 2.45) is 0 Å². The van der Waals surface area contributed by atoms with Gasteiger partial charge in [-0.1, -0.05) is 48.9 Å². The summed E-state index contributed by atoms with van der Waals surface area (Å²) < 4.78 is 0. The molecule has 0 saturated carbocycles. The summed E-state index contributed by atoms with van der Waals surface area (Å²) in [6, 6.07) is 11.1. The zero-order valence-corrected chi connectivity index (χ0v) is 8.45. The summed E-state index contributed by atoms with van der Waals surface area (Å²) in [6.07, 6.45) is 8.47. The van der Waals surface area contributed by atoms with E-state index in [1.165, 1.54) is 31.4 Å². The Labute approximate surface area is 85.8 Å². The van der Waals surface area contributed by atoms with Gasteiger partial charge in [-0.05, 0) is 24.9 Å². The van der Waals surface area contributed by atoms with Crippen molar-refractivity contribution < 1.29 is 0 Å². The molecular formula is C13H17N. The Morgan fingerprint density at radius 2 is 2.00 bits per heavy atom. The van der Waals surface area contributed by atoms with Gasteiger partial charge in [-0.2, -0.15) is 0 Å². The van der Waals surface area contributed by atoms with E-state index in [2.05, 4.69) is 47.8 Å². The highest BCUT2D eigenvalue weighted by molar-refractivity contribution is 5.49. The first-order valence-corrected chi connectivity index (χ1v) is 5.42. The van der Waals surface area contributed by atoms with E-state index in [1.807, 2.05) is 0 Å². The first-order chi connectivity index (χ1) is 6.95. The topological polar surface area (TPSA) is 12.0 Å². The van der Waals surface area contributed by atoms with Crippen molar-refractivity contribution in [1.29, 1.82) is 0 Å². The van der Waals surface area contributed by atoms with Crippen LogP contribution >= 0.6 is 0 Å². The van der Waals surface area contributed by atoms with Crippen LogP contribution in [0.4, 0.5) is 0 Å². The molecule has 1 fully saturated rings. The molecule has 1 aromatic rings. The predicted octanol–water partition coefficient (Wildman–Crippen LogP) is 2.84. The number of rotatable bonds is 2. The van der Waals surface area contributed by atoms with Gasteiger partial charge in [0.05, 0.1) is 0 Å². The number of nitrogens with one attached hydrogen (secondary N) is 1. The lowest BCUT2D eigenvalue weighted by molar-refractivity contribution is 0.455. The van der Waals surface area contributed by atoms with Gasteiger partial charge in [0.2, 0.25) is 0 Å². The zero-order valence-electron chi connectivity index (χ0n) is 8.45. The van der Waals surface area contributed by atoms with Crippen LogP contribution in [0.25, 0.3) is 6.08 Å². The van der Waals surface area contributed by atoms with E-state index >= 15 is 0 Å². The van der Waals surface area contributed by atoms with E-state index in [9.17, 15) is 0 Å². The summed E-state index contributed by atoms with van der Waals surface area (Å²) in [5.74, 6) is 0. The van der Waals surface area contributed by atoms with E-state index in [1.54, 1.807) is 0 Å². The van der Waals surface area contributed by atoms with Crippen molar-refractivity contribution >= 4 is 6.08 Å². The molecule has 2 rings (SSSR count). The third-order valence-corrected chi connectivity index (χ3v) is 2.67.